The molecule has 3 heterocycles. The van der Waals surface area contributed by atoms with Gasteiger partial charge in [0.15, 0.2) is 5.69 Å². The predicted octanol–water partition coefficient (Wildman–Crippen LogP) is 2.28. The van der Waals surface area contributed by atoms with Crippen LogP contribution >= 0.6 is 0 Å². The van der Waals surface area contributed by atoms with E-state index in [0.717, 1.165) is 5.69 Å². The first-order valence-corrected chi connectivity index (χ1v) is 9.79. The Bertz CT molecular complexity index is 1020. The van der Waals surface area contributed by atoms with Crippen molar-refractivity contribution >= 4 is 11.6 Å². The minimum Gasteiger partial charge on any atom is -0.378 e. The van der Waals surface area contributed by atoms with E-state index in [1.54, 1.807) is 22.0 Å². The van der Waals surface area contributed by atoms with Crippen LogP contribution in [0.5, 0.6) is 0 Å². The van der Waals surface area contributed by atoms with Gasteiger partial charge in [0.2, 0.25) is 5.91 Å². The highest BCUT2D eigenvalue weighted by molar-refractivity contribution is 5.76. The van der Waals surface area contributed by atoms with Crippen LogP contribution in [0.1, 0.15) is 12.8 Å². The average molecular weight is 410 g/mol. The number of aryl methyl sites for hydroxylation is 1. The number of rotatable bonds is 7. The molecule has 0 bridgehead atoms. The smallest absolute Gasteiger partial charge is 0.315 e. The van der Waals surface area contributed by atoms with Crippen LogP contribution in [0.3, 0.4) is 0 Å². The van der Waals surface area contributed by atoms with Crippen LogP contribution in [0.15, 0.2) is 48.9 Å². The molecule has 156 valence electrons. The molecule has 1 fully saturated rings. The highest BCUT2D eigenvalue weighted by atomic mass is 16.6. The summed E-state index contributed by atoms with van der Waals surface area (Å²) in [6.07, 6.45) is 5.62. The summed E-state index contributed by atoms with van der Waals surface area (Å²) in [5.74, 6) is 0.0734. The van der Waals surface area contributed by atoms with Crippen LogP contribution in [0, 0.1) is 10.1 Å². The molecular formula is C20H22N6O4. The fourth-order valence-electron chi connectivity index (χ4n) is 3.39. The average Bonchev–Trinajstić information content (AvgIpc) is 3.42. The van der Waals surface area contributed by atoms with Gasteiger partial charge in [0.1, 0.15) is 6.20 Å². The Morgan fingerprint density at radius 3 is 2.67 bits per heavy atom. The van der Waals surface area contributed by atoms with E-state index in [1.807, 2.05) is 30.3 Å². The second-order valence-corrected chi connectivity index (χ2v) is 6.99. The van der Waals surface area contributed by atoms with Crippen LogP contribution < -0.4 is 0 Å². The van der Waals surface area contributed by atoms with Gasteiger partial charge in [0.25, 0.3) is 0 Å². The Labute approximate surface area is 172 Å². The third-order valence-corrected chi connectivity index (χ3v) is 4.96. The quantitative estimate of drug-likeness (QED) is 0.437. The second kappa shape index (κ2) is 8.87. The molecular weight excluding hydrogens is 388 g/mol. The maximum Gasteiger partial charge on any atom is 0.315 e. The Morgan fingerprint density at radius 2 is 1.93 bits per heavy atom. The number of morpholine rings is 1. The zero-order valence-corrected chi connectivity index (χ0v) is 16.4. The summed E-state index contributed by atoms with van der Waals surface area (Å²) in [4.78, 5) is 25.1. The van der Waals surface area contributed by atoms with Crippen molar-refractivity contribution in [1.29, 1.82) is 0 Å². The van der Waals surface area contributed by atoms with Crippen molar-refractivity contribution in [2.45, 2.75) is 19.4 Å². The monoisotopic (exact) mass is 410 g/mol. The zero-order chi connectivity index (χ0) is 20.9. The molecule has 1 amide bonds. The summed E-state index contributed by atoms with van der Waals surface area (Å²) >= 11 is 0. The van der Waals surface area contributed by atoms with Gasteiger partial charge in [0, 0.05) is 37.8 Å². The summed E-state index contributed by atoms with van der Waals surface area (Å²) in [5, 5.41) is 20.2. The fraction of sp³-hybridized carbons (Fsp3) is 0.350. The van der Waals surface area contributed by atoms with Gasteiger partial charge in [-0.2, -0.15) is 10.2 Å². The second-order valence-electron chi connectivity index (χ2n) is 6.99. The van der Waals surface area contributed by atoms with E-state index in [4.69, 9.17) is 4.74 Å². The van der Waals surface area contributed by atoms with E-state index in [9.17, 15) is 14.9 Å². The molecule has 0 spiro atoms. The Balaban J connectivity index is 1.45. The molecule has 3 aromatic rings. The molecule has 1 aliphatic heterocycles. The minimum absolute atomic E-state index is 0.0734. The lowest BCUT2D eigenvalue weighted by atomic mass is 10.2. The zero-order valence-electron chi connectivity index (χ0n) is 16.4. The number of amides is 1. The number of carbonyl (C=O) groups is 1. The van der Waals surface area contributed by atoms with E-state index in [2.05, 4.69) is 10.2 Å². The van der Waals surface area contributed by atoms with Crippen molar-refractivity contribution in [3.63, 3.8) is 0 Å². The molecule has 10 heteroatoms. The Kier molecular flexibility index (Phi) is 5.84. The number of nitro groups is 1. The number of hydrogen-bond donors (Lipinski definition) is 0. The fourth-order valence-corrected chi connectivity index (χ4v) is 3.39. The van der Waals surface area contributed by atoms with Crippen molar-refractivity contribution in [1.82, 2.24) is 24.5 Å². The van der Waals surface area contributed by atoms with Gasteiger partial charge in [0.05, 0.1) is 30.0 Å². The van der Waals surface area contributed by atoms with Crippen molar-refractivity contribution in [2.24, 2.45) is 0 Å². The van der Waals surface area contributed by atoms with Crippen LogP contribution in [-0.4, -0.2) is 61.6 Å². The van der Waals surface area contributed by atoms with Gasteiger partial charge in [-0.05, 0) is 18.6 Å². The first kappa shape index (κ1) is 19.8. The van der Waals surface area contributed by atoms with Crippen molar-refractivity contribution in [2.75, 3.05) is 26.3 Å². The summed E-state index contributed by atoms with van der Waals surface area (Å²) in [7, 11) is 0. The number of ether oxygens (including phenoxy) is 1. The number of para-hydroxylation sites is 1. The van der Waals surface area contributed by atoms with Crippen LogP contribution in [-0.2, 0) is 16.1 Å². The molecule has 10 nitrogen and oxygen atoms in total. The third-order valence-electron chi connectivity index (χ3n) is 4.96. The highest BCUT2D eigenvalue weighted by Crippen LogP contribution is 2.28. The number of aromatic nitrogens is 4. The molecule has 4 rings (SSSR count). The minimum atomic E-state index is -0.447. The third kappa shape index (κ3) is 4.38. The number of benzene rings is 1. The van der Waals surface area contributed by atoms with Gasteiger partial charge in [-0.1, -0.05) is 18.2 Å². The molecule has 2 aromatic heterocycles. The maximum absolute atomic E-state index is 12.2. The molecule has 0 N–H and O–H groups in total. The molecule has 0 unspecified atom stereocenters. The van der Waals surface area contributed by atoms with Crippen LogP contribution in [0.4, 0.5) is 5.69 Å². The summed E-state index contributed by atoms with van der Waals surface area (Å²) < 4.78 is 8.43. The van der Waals surface area contributed by atoms with Gasteiger partial charge in [-0.15, -0.1) is 0 Å². The summed E-state index contributed by atoms with van der Waals surface area (Å²) in [5.41, 5.74) is 1.60. The maximum atomic E-state index is 12.2. The first-order valence-electron chi connectivity index (χ1n) is 9.79. The normalized spacial score (nSPS) is 14.1. The molecule has 1 aromatic carbocycles. The predicted molar refractivity (Wildman–Crippen MR) is 108 cm³/mol. The molecule has 30 heavy (non-hydrogen) atoms. The van der Waals surface area contributed by atoms with Gasteiger partial charge in [-0.25, -0.2) is 4.68 Å². The van der Waals surface area contributed by atoms with E-state index in [0.29, 0.717) is 51.3 Å². The lowest BCUT2D eigenvalue weighted by Crippen LogP contribution is -2.40. The van der Waals surface area contributed by atoms with Crippen molar-refractivity contribution in [3.8, 4) is 16.9 Å². The largest absolute Gasteiger partial charge is 0.378 e. The van der Waals surface area contributed by atoms with Gasteiger partial charge < -0.3 is 9.64 Å². The molecule has 1 aliphatic rings. The number of hydrogen-bond acceptors (Lipinski definition) is 6. The Morgan fingerprint density at radius 1 is 1.17 bits per heavy atom. The van der Waals surface area contributed by atoms with Crippen LogP contribution in [0.2, 0.25) is 0 Å². The van der Waals surface area contributed by atoms with E-state index < -0.39 is 4.92 Å². The number of nitrogens with zero attached hydrogens (tertiary/aromatic N) is 6. The lowest BCUT2D eigenvalue weighted by molar-refractivity contribution is -0.384. The van der Waals surface area contributed by atoms with Gasteiger partial charge in [-0.3, -0.25) is 19.6 Å². The number of carbonyl (C=O) groups excluding carboxylic acids is 1. The standard InChI is InChI=1S/C20H22N6O4/c27-19(23-9-11-30-12-10-23)7-4-8-24-15-18(26(28)29)20(22-24)16-13-21-25(14-16)17-5-2-1-3-6-17/h1-3,5-6,13-15H,4,7-12H2. The SMILES string of the molecule is O=C(CCCn1cc([N+](=O)[O-])c(-c2cnn(-c3ccccc3)c2)n1)N1CCOCC1. The van der Waals surface area contributed by atoms with Gasteiger partial charge >= 0.3 is 5.69 Å². The molecule has 1 saturated heterocycles. The van der Waals surface area contributed by atoms with E-state index in [-0.39, 0.29) is 17.3 Å². The Hall–Kier alpha value is -3.53. The highest BCUT2D eigenvalue weighted by Gasteiger charge is 2.23. The van der Waals surface area contributed by atoms with E-state index in [1.165, 1.54) is 10.9 Å². The topological polar surface area (TPSA) is 108 Å². The van der Waals surface area contributed by atoms with E-state index >= 15 is 0 Å². The molecule has 0 saturated carbocycles. The van der Waals surface area contributed by atoms with Crippen molar-refractivity contribution in [3.05, 3.63) is 59.0 Å². The summed E-state index contributed by atoms with van der Waals surface area (Å²) in [6.45, 7) is 2.78. The van der Waals surface area contributed by atoms with Crippen LogP contribution in [0.25, 0.3) is 16.9 Å². The summed E-state index contributed by atoms with van der Waals surface area (Å²) in [6, 6.07) is 9.49. The molecule has 0 atom stereocenters. The van der Waals surface area contributed by atoms with Crippen molar-refractivity contribution < 1.29 is 14.5 Å². The molecule has 0 radical (unpaired) electrons. The molecule has 0 aliphatic carbocycles. The lowest BCUT2D eigenvalue weighted by Gasteiger charge is -2.26. The first-order chi connectivity index (χ1) is 14.6.